The first-order valence-electron chi connectivity index (χ1n) is 6.82. The largest absolute Gasteiger partial charge is 0.468 e. The molecule has 110 valence electrons. The fourth-order valence-corrected chi connectivity index (χ4v) is 3.66. The molecule has 2 aromatic rings. The van der Waals surface area contributed by atoms with Crippen LogP contribution in [0.5, 0.6) is 0 Å². The normalized spacial score (nSPS) is 16.3. The summed E-state index contributed by atoms with van der Waals surface area (Å²) in [5, 5.41) is 2.06. The van der Waals surface area contributed by atoms with Gasteiger partial charge in [-0.2, -0.15) is 0 Å². The number of rotatable bonds is 3. The van der Waals surface area contributed by atoms with Crippen molar-refractivity contribution in [1.29, 1.82) is 0 Å². The molecule has 1 aromatic heterocycles. The first kappa shape index (κ1) is 14.2. The Labute approximate surface area is 127 Å². The van der Waals surface area contributed by atoms with Crippen molar-refractivity contribution < 1.29 is 13.9 Å². The van der Waals surface area contributed by atoms with Gasteiger partial charge in [0.05, 0.1) is 7.11 Å². The quantitative estimate of drug-likeness (QED) is 0.816. The average Bonchev–Trinajstić information content (AvgIpc) is 2.97. The highest BCUT2D eigenvalue weighted by molar-refractivity contribution is 7.10. The van der Waals surface area contributed by atoms with Crippen molar-refractivity contribution in [3.8, 4) is 0 Å². The zero-order chi connectivity index (χ0) is 14.8. The molecule has 0 fully saturated rings. The molecule has 3 rings (SSSR count). The molecule has 1 aromatic carbocycles. The van der Waals surface area contributed by atoms with E-state index in [1.54, 1.807) is 29.5 Å². The minimum Gasteiger partial charge on any atom is -0.468 e. The van der Waals surface area contributed by atoms with Crippen molar-refractivity contribution in [3.05, 3.63) is 57.5 Å². The summed E-state index contributed by atoms with van der Waals surface area (Å²) in [6.07, 6.45) is 0.884. The second kappa shape index (κ2) is 5.95. The molecular weight excluding hydrogens is 289 g/mol. The van der Waals surface area contributed by atoms with Crippen molar-refractivity contribution in [2.24, 2.45) is 0 Å². The maximum atomic E-state index is 14.1. The first-order chi connectivity index (χ1) is 10.2. The summed E-state index contributed by atoms with van der Waals surface area (Å²) in [4.78, 5) is 15.5. The van der Waals surface area contributed by atoms with Crippen LogP contribution < -0.4 is 0 Å². The number of hydrogen-bond donors (Lipinski definition) is 0. The summed E-state index contributed by atoms with van der Waals surface area (Å²) in [7, 11) is 1.34. The Bertz CT molecular complexity index is 655. The Morgan fingerprint density at radius 2 is 2.19 bits per heavy atom. The molecular formula is C16H16FNO2S. The Hall–Kier alpha value is -1.72. The lowest BCUT2D eigenvalue weighted by Gasteiger charge is -2.33. The number of benzene rings is 1. The second-order valence-electron chi connectivity index (χ2n) is 5.04. The smallest absolute Gasteiger partial charge is 0.327 e. The fraction of sp³-hybridized carbons (Fsp3) is 0.312. The van der Waals surface area contributed by atoms with Gasteiger partial charge >= 0.3 is 5.97 Å². The van der Waals surface area contributed by atoms with Crippen molar-refractivity contribution in [2.75, 3.05) is 13.7 Å². The molecule has 1 aliphatic rings. The summed E-state index contributed by atoms with van der Waals surface area (Å²) in [5.41, 5.74) is 1.60. The predicted octanol–water partition coefficient (Wildman–Crippen LogP) is 3.16. The highest BCUT2D eigenvalue weighted by Crippen LogP contribution is 2.32. The minimum absolute atomic E-state index is 0.371. The molecule has 0 spiro atoms. The van der Waals surface area contributed by atoms with Gasteiger partial charge in [-0.15, -0.1) is 11.3 Å². The van der Waals surface area contributed by atoms with Gasteiger partial charge in [-0.1, -0.05) is 18.2 Å². The number of carbonyl (C=O) groups excluding carboxylic acids is 1. The molecule has 0 unspecified atom stereocenters. The van der Waals surface area contributed by atoms with Crippen LogP contribution >= 0.6 is 11.3 Å². The number of thiophene rings is 1. The molecule has 1 atom stereocenters. The van der Waals surface area contributed by atoms with Crippen molar-refractivity contribution in [2.45, 2.75) is 19.0 Å². The molecule has 0 aliphatic carbocycles. The number of nitrogens with zero attached hydrogens (tertiary/aromatic N) is 1. The van der Waals surface area contributed by atoms with E-state index in [0.717, 1.165) is 13.0 Å². The molecule has 0 amide bonds. The van der Waals surface area contributed by atoms with E-state index in [1.165, 1.54) is 23.6 Å². The van der Waals surface area contributed by atoms with Crippen molar-refractivity contribution in [3.63, 3.8) is 0 Å². The lowest BCUT2D eigenvalue weighted by atomic mass is 10.0. The average molecular weight is 305 g/mol. The van der Waals surface area contributed by atoms with Crippen molar-refractivity contribution in [1.82, 2.24) is 4.90 Å². The molecule has 2 heterocycles. The van der Waals surface area contributed by atoms with E-state index in [1.807, 2.05) is 4.90 Å². The van der Waals surface area contributed by atoms with E-state index in [0.29, 0.717) is 12.1 Å². The molecule has 21 heavy (non-hydrogen) atoms. The maximum Gasteiger partial charge on any atom is 0.327 e. The van der Waals surface area contributed by atoms with Crippen LogP contribution in [0, 0.1) is 5.82 Å². The van der Waals surface area contributed by atoms with E-state index in [2.05, 4.69) is 11.4 Å². The summed E-state index contributed by atoms with van der Waals surface area (Å²) in [5.74, 6) is -0.789. The number of ether oxygens (including phenoxy) is 1. The number of fused-ring (bicyclic) bond motifs is 1. The third-order valence-corrected chi connectivity index (χ3v) is 4.85. The van der Waals surface area contributed by atoms with E-state index >= 15 is 0 Å². The fourth-order valence-electron chi connectivity index (χ4n) is 2.77. The lowest BCUT2D eigenvalue weighted by molar-refractivity contribution is -0.147. The van der Waals surface area contributed by atoms with E-state index in [9.17, 15) is 9.18 Å². The van der Waals surface area contributed by atoms with Gasteiger partial charge in [0, 0.05) is 23.5 Å². The Morgan fingerprint density at radius 1 is 1.38 bits per heavy atom. The molecule has 1 aliphatic heterocycles. The number of esters is 1. The molecule has 0 bridgehead atoms. The molecule has 0 radical (unpaired) electrons. The van der Waals surface area contributed by atoms with E-state index < -0.39 is 12.0 Å². The number of carbonyl (C=O) groups is 1. The SMILES string of the molecule is COC(=O)[C@H](c1ccccc1F)N1CCc2sccc2C1. The van der Waals surface area contributed by atoms with Gasteiger partial charge in [-0.3, -0.25) is 4.90 Å². The van der Waals surface area contributed by atoms with Gasteiger partial charge < -0.3 is 4.74 Å². The standard InChI is InChI=1S/C16H16FNO2S/c1-20-16(19)15(12-4-2-3-5-13(12)17)18-8-6-14-11(10-18)7-9-21-14/h2-5,7,9,15H,6,8,10H2,1H3/t15-/m0/s1. The summed E-state index contributed by atoms with van der Waals surface area (Å²) < 4.78 is 19.0. The van der Waals surface area contributed by atoms with Crippen LogP contribution in [0.3, 0.4) is 0 Å². The van der Waals surface area contributed by atoms with Gasteiger partial charge in [0.15, 0.2) is 0 Å². The van der Waals surface area contributed by atoms with E-state index in [-0.39, 0.29) is 5.82 Å². The highest BCUT2D eigenvalue weighted by Gasteiger charge is 2.33. The summed E-state index contributed by atoms with van der Waals surface area (Å²) in [6, 6.07) is 7.78. The van der Waals surface area contributed by atoms with Crippen LogP contribution in [0.15, 0.2) is 35.7 Å². The maximum absolute atomic E-state index is 14.1. The summed E-state index contributed by atoms with van der Waals surface area (Å²) in [6.45, 7) is 1.37. The molecule has 0 N–H and O–H groups in total. The third-order valence-electron chi connectivity index (χ3n) is 3.83. The third kappa shape index (κ3) is 2.71. The predicted molar refractivity (Wildman–Crippen MR) is 79.6 cm³/mol. The minimum atomic E-state index is -0.691. The van der Waals surface area contributed by atoms with Gasteiger partial charge in [0.25, 0.3) is 0 Å². The molecule has 3 nitrogen and oxygen atoms in total. The van der Waals surface area contributed by atoms with Crippen LogP contribution in [0.25, 0.3) is 0 Å². The van der Waals surface area contributed by atoms with Crippen LogP contribution in [0.1, 0.15) is 22.0 Å². The van der Waals surface area contributed by atoms with Gasteiger partial charge in [0.2, 0.25) is 0 Å². The van der Waals surface area contributed by atoms with Gasteiger partial charge in [-0.25, -0.2) is 9.18 Å². The Kier molecular flexibility index (Phi) is 4.03. The van der Waals surface area contributed by atoms with Crippen LogP contribution in [0.2, 0.25) is 0 Å². The number of halogens is 1. The van der Waals surface area contributed by atoms with Crippen molar-refractivity contribution >= 4 is 17.3 Å². The van der Waals surface area contributed by atoms with Gasteiger partial charge in [-0.05, 0) is 29.5 Å². The molecule has 0 saturated carbocycles. The monoisotopic (exact) mass is 305 g/mol. The van der Waals surface area contributed by atoms with Crippen LogP contribution in [-0.4, -0.2) is 24.5 Å². The van der Waals surface area contributed by atoms with E-state index in [4.69, 9.17) is 4.74 Å². The highest BCUT2D eigenvalue weighted by atomic mass is 32.1. The van der Waals surface area contributed by atoms with Crippen LogP contribution in [0.4, 0.5) is 4.39 Å². The topological polar surface area (TPSA) is 29.5 Å². The number of methoxy groups -OCH3 is 1. The molecule has 0 saturated heterocycles. The molecule has 5 heteroatoms. The Balaban J connectivity index is 1.94. The zero-order valence-electron chi connectivity index (χ0n) is 11.7. The van der Waals surface area contributed by atoms with Crippen LogP contribution in [-0.2, 0) is 22.5 Å². The van der Waals surface area contributed by atoms with Gasteiger partial charge in [0.1, 0.15) is 11.9 Å². The lowest BCUT2D eigenvalue weighted by Crippen LogP contribution is -2.38. The summed E-state index contributed by atoms with van der Waals surface area (Å²) >= 11 is 1.74. The zero-order valence-corrected chi connectivity index (χ0v) is 12.5. The first-order valence-corrected chi connectivity index (χ1v) is 7.70. The Morgan fingerprint density at radius 3 is 2.95 bits per heavy atom. The number of hydrogen-bond acceptors (Lipinski definition) is 4. The second-order valence-corrected chi connectivity index (χ2v) is 6.04.